The van der Waals surface area contributed by atoms with E-state index in [1.165, 1.54) is 0 Å². The standard InChI is InChI=1S/C12H19N3O3S2/c1-4-8(6-19-3)15-12(18)13-5-9-14-7(2)10(20-9)11(16)17/h8H,4-6H2,1-3H3,(H,16,17)(H2,13,15,18). The van der Waals surface area contributed by atoms with Crippen molar-refractivity contribution in [2.75, 3.05) is 12.0 Å². The highest BCUT2D eigenvalue weighted by Gasteiger charge is 2.15. The van der Waals surface area contributed by atoms with Gasteiger partial charge in [-0.2, -0.15) is 11.8 Å². The van der Waals surface area contributed by atoms with Gasteiger partial charge in [-0.05, 0) is 19.6 Å². The average molecular weight is 317 g/mol. The van der Waals surface area contributed by atoms with Crippen LogP contribution in [0.1, 0.15) is 33.7 Å². The number of aromatic nitrogens is 1. The normalized spacial score (nSPS) is 11.9. The molecule has 3 N–H and O–H groups in total. The lowest BCUT2D eigenvalue weighted by atomic mass is 10.3. The second kappa shape index (κ2) is 8.11. The molecule has 1 aromatic rings. The average Bonchev–Trinajstić information content (AvgIpc) is 2.77. The molecule has 8 heteroatoms. The van der Waals surface area contributed by atoms with E-state index < -0.39 is 5.97 Å². The number of aryl methyl sites for hydroxylation is 1. The van der Waals surface area contributed by atoms with Crippen LogP contribution in [0.5, 0.6) is 0 Å². The van der Waals surface area contributed by atoms with Gasteiger partial charge in [0.2, 0.25) is 0 Å². The van der Waals surface area contributed by atoms with Crippen LogP contribution in [0.4, 0.5) is 4.79 Å². The number of carboxylic acids is 1. The first-order valence-electron chi connectivity index (χ1n) is 6.20. The predicted octanol–water partition coefficient (Wildman–Crippen LogP) is 2.09. The molecule has 1 rings (SSSR count). The van der Waals surface area contributed by atoms with Gasteiger partial charge in [-0.15, -0.1) is 11.3 Å². The Morgan fingerprint density at radius 1 is 1.50 bits per heavy atom. The second-order valence-electron chi connectivity index (χ2n) is 4.21. The van der Waals surface area contributed by atoms with Crippen LogP contribution < -0.4 is 10.6 Å². The van der Waals surface area contributed by atoms with Crippen molar-refractivity contribution in [1.82, 2.24) is 15.6 Å². The van der Waals surface area contributed by atoms with Crippen molar-refractivity contribution in [3.63, 3.8) is 0 Å². The molecule has 0 fully saturated rings. The maximum atomic E-state index is 11.7. The number of nitrogens with one attached hydrogen (secondary N) is 2. The molecule has 0 saturated heterocycles. The summed E-state index contributed by atoms with van der Waals surface area (Å²) < 4.78 is 0. The number of thioether (sulfide) groups is 1. The minimum atomic E-state index is -0.985. The number of carboxylic acid groups (broad SMARTS) is 1. The number of aromatic carboxylic acids is 1. The number of nitrogens with zero attached hydrogens (tertiary/aromatic N) is 1. The lowest BCUT2D eigenvalue weighted by Gasteiger charge is -2.15. The summed E-state index contributed by atoms with van der Waals surface area (Å²) >= 11 is 2.77. The molecular weight excluding hydrogens is 298 g/mol. The van der Waals surface area contributed by atoms with Crippen LogP contribution in [-0.4, -0.2) is 40.1 Å². The smallest absolute Gasteiger partial charge is 0.347 e. The summed E-state index contributed by atoms with van der Waals surface area (Å²) in [6, 6.07) is -0.117. The Hall–Kier alpha value is -1.28. The first-order valence-corrected chi connectivity index (χ1v) is 8.41. The zero-order valence-electron chi connectivity index (χ0n) is 11.7. The van der Waals surface area contributed by atoms with Crippen LogP contribution in [0.15, 0.2) is 0 Å². The van der Waals surface area contributed by atoms with Gasteiger partial charge in [-0.25, -0.2) is 14.6 Å². The summed E-state index contributed by atoms with van der Waals surface area (Å²) in [6.07, 6.45) is 2.86. The van der Waals surface area contributed by atoms with Crippen LogP contribution >= 0.6 is 23.1 Å². The summed E-state index contributed by atoms with van der Waals surface area (Å²) in [5, 5.41) is 15.1. The molecule has 0 aromatic carbocycles. The first kappa shape index (κ1) is 16.8. The molecule has 1 unspecified atom stereocenters. The van der Waals surface area contributed by atoms with Crippen molar-refractivity contribution in [2.45, 2.75) is 32.9 Å². The van der Waals surface area contributed by atoms with Crippen molar-refractivity contribution < 1.29 is 14.7 Å². The van der Waals surface area contributed by atoms with Crippen molar-refractivity contribution >= 4 is 35.1 Å². The molecular formula is C12H19N3O3S2. The fraction of sp³-hybridized carbons (Fsp3) is 0.583. The van der Waals surface area contributed by atoms with Crippen molar-refractivity contribution in [1.29, 1.82) is 0 Å². The molecule has 1 aromatic heterocycles. The van der Waals surface area contributed by atoms with Gasteiger partial charge >= 0.3 is 12.0 Å². The van der Waals surface area contributed by atoms with Gasteiger partial charge in [0.25, 0.3) is 0 Å². The summed E-state index contributed by atoms with van der Waals surface area (Å²) in [6.45, 7) is 3.90. The second-order valence-corrected chi connectivity index (χ2v) is 6.21. The Morgan fingerprint density at radius 2 is 2.20 bits per heavy atom. The molecule has 1 heterocycles. The van der Waals surface area contributed by atoms with Gasteiger partial charge in [0, 0.05) is 11.8 Å². The number of hydrogen-bond acceptors (Lipinski definition) is 5. The number of carbonyl (C=O) groups excluding carboxylic acids is 1. The number of urea groups is 1. The van der Waals surface area contributed by atoms with E-state index >= 15 is 0 Å². The Morgan fingerprint density at radius 3 is 2.70 bits per heavy atom. The Balaban J connectivity index is 2.48. The molecule has 112 valence electrons. The first-order chi connectivity index (χ1) is 9.47. The molecule has 0 aliphatic carbocycles. The third-order valence-corrected chi connectivity index (χ3v) is 4.51. The fourth-order valence-corrected chi connectivity index (χ4v) is 3.15. The lowest BCUT2D eigenvalue weighted by Crippen LogP contribution is -2.42. The minimum Gasteiger partial charge on any atom is -0.477 e. The predicted molar refractivity (Wildman–Crippen MR) is 81.6 cm³/mol. The molecule has 1 atom stereocenters. The molecule has 0 bridgehead atoms. The van der Waals surface area contributed by atoms with E-state index in [4.69, 9.17) is 5.11 Å². The highest BCUT2D eigenvalue weighted by Crippen LogP contribution is 2.17. The van der Waals surface area contributed by atoms with Crippen LogP contribution in [0.25, 0.3) is 0 Å². The van der Waals surface area contributed by atoms with Gasteiger partial charge in [0.15, 0.2) is 0 Å². The largest absolute Gasteiger partial charge is 0.477 e. The third-order valence-electron chi connectivity index (χ3n) is 2.63. The van der Waals surface area contributed by atoms with Crippen molar-refractivity contribution in [3.05, 3.63) is 15.6 Å². The molecule has 0 aliphatic rings. The highest BCUT2D eigenvalue weighted by molar-refractivity contribution is 7.98. The van der Waals surface area contributed by atoms with E-state index in [1.807, 2.05) is 13.2 Å². The maximum absolute atomic E-state index is 11.7. The number of rotatable bonds is 7. The monoisotopic (exact) mass is 317 g/mol. The van der Waals surface area contributed by atoms with Crippen LogP contribution in [0.3, 0.4) is 0 Å². The van der Waals surface area contributed by atoms with Crippen LogP contribution in [0.2, 0.25) is 0 Å². The van der Waals surface area contributed by atoms with E-state index in [0.29, 0.717) is 10.7 Å². The quantitative estimate of drug-likeness (QED) is 0.716. The van der Waals surface area contributed by atoms with Crippen LogP contribution in [0, 0.1) is 6.92 Å². The number of amides is 2. The molecule has 0 radical (unpaired) electrons. The number of hydrogen-bond donors (Lipinski definition) is 3. The van der Waals surface area contributed by atoms with Crippen LogP contribution in [-0.2, 0) is 6.54 Å². The van der Waals surface area contributed by atoms with E-state index in [1.54, 1.807) is 18.7 Å². The highest BCUT2D eigenvalue weighted by atomic mass is 32.2. The summed E-state index contributed by atoms with van der Waals surface area (Å²) in [5.41, 5.74) is 0.480. The van der Waals surface area contributed by atoms with E-state index in [2.05, 4.69) is 15.6 Å². The maximum Gasteiger partial charge on any atom is 0.347 e. The Bertz CT molecular complexity index is 477. The van der Waals surface area contributed by atoms with Gasteiger partial charge in [-0.3, -0.25) is 0 Å². The van der Waals surface area contributed by atoms with E-state index in [-0.39, 0.29) is 23.5 Å². The van der Waals surface area contributed by atoms with Gasteiger partial charge in [0.1, 0.15) is 9.88 Å². The summed E-state index contributed by atoms with van der Waals surface area (Å²) in [5.74, 6) is -0.120. The molecule has 6 nitrogen and oxygen atoms in total. The molecule has 0 spiro atoms. The SMILES string of the molecule is CCC(CSC)NC(=O)NCc1nc(C)c(C(=O)O)s1. The number of carbonyl (C=O) groups is 2. The molecule has 0 aliphatic heterocycles. The van der Waals surface area contributed by atoms with E-state index in [0.717, 1.165) is 23.5 Å². The molecule has 0 saturated carbocycles. The zero-order chi connectivity index (χ0) is 15.1. The molecule has 20 heavy (non-hydrogen) atoms. The van der Waals surface area contributed by atoms with Crippen molar-refractivity contribution in [2.24, 2.45) is 0 Å². The third kappa shape index (κ3) is 5.01. The lowest BCUT2D eigenvalue weighted by molar-refractivity contribution is 0.0701. The zero-order valence-corrected chi connectivity index (χ0v) is 13.4. The number of thiazole rings is 1. The Kier molecular flexibility index (Phi) is 6.80. The van der Waals surface area contributed by atoms with Crippen molar-refractivity contribution in [3.8, 4) is 0 Å². The van der Waals surface area contributed by atoms with E-state index in [9.17, 15) is 9.59 Å². The Labute approximate surface area is 126 Å². The summed E-state index contributed by atoms with van der Waals surface area (Å²) in [7, 11) is 0. The summed E-state index contributed by atoms with van der Waals surface area (Å²) in [4.78, 5) is 27.0. The topological polar surface area (TPSA) is 91.3 Å². The fourth-order valence-electron chi connectivity index (χ4n) is 1.58. The van der Waals surface area contributed by atoms with Gasteiger partial charge in [0.05, 0.1) is 12.2 Å². The molecule has 2 amide bonds. The minimum absolute atomic E-state index is 0.137. The van der Waals surface area contributed by atoms with Gasteiger partial charge < -0.3 is 15.7 Å². The van der Waals surface area contributed by atoms with Gasteiger partial charge in [-0.1, -0.05) is 6.92 Å².